The molecule has 0 unspecified atom stereocenters. The average Bonchev–Trinajstić information content (AvgIpc) is 2.60. The van der Waals surface area contributed by atoms with Gasteiger partial charge in [0.05, 0.1) is 9.26 Å². The van der Waals surface area contributed by atoms with E-state index >= 15 is 0 Å². The minimum atomic E-state index is 0.531. The van der Waals surface area contributed by atoms with Crippen LogP contribution >= 0.6 is 45.5 Å². The van der Waals surface area contributed by atoms with E-state index in [4.69, 9.17) is 11.6 Å². The first kappa shape index (κ1) is 11.3. The van der Waals surface area contributed by atoms with Gasteiger partial charge in [0.2, 0.25) is 0 Å². The number of halogens is 2. The van der Waals surface area contributed by atoms with Crippen LogP contribution < -0.4 is 0 Å². The van der Waals surface area contributed by atoms with Crippen molar-refractivity contribution < 1.29 is 0 Å². The highest BCUT2D eigenvalue weighted by Crippen LogP contribution is 2.27. The van der Waals surface area contributed by atoms with E-state index in [-0.39, 0.29) is 0 Å². The molecule has 0 N–H and O–H groups in total. The van der Waals surface area contributed by atoms with E-state index in [1.807, 2.05) is 12.3 Å². The maximum Gasteiger partial charge on any atom is 0.162 e. The molecule has 15 heavy (non-hydrogen) atoms. The lowest BCUT2D eigenvalue weighted by atomic mass is 10.2. The summed E-state index contributed by atoms with van der Waals surface area (Å²) in [5, 5.41) is 4.66. The first-order valence-electron chi connectivity index (χ1n) is 4.32. The van der Waals surface area contributed by atoms with Gasteiger partial charge in [0.25, 0.3) is 0 Å². The molecule has 0 aromatic carbocycles. The van der Waals surface area contributed by atoms with Gasteiger partial charge in [0.15, 0.2) is 5.82 Å². The summed E-state index contributed by atoms with van der Waals surface area (Å²) < 4.78 is 0.922. The highest BCUT2D eigenvalue weighted by Gasteiger charge is 2.11. The molecule has 0 fully saturated rings. The Kier molecular flexibility index (Phi) is 3.27. The van der Waals surface area contributed by atoms with Crippen molar-refractivity contribution in [1.29, 1.82) is 0 Å². The van der Waals surface area contributed by atoms with Crippen LogP contribution in [-0.2, 0) is 0 Å². The first-order chi connectivity index (χ1) is 7.09. The van der Waals surface area contributed by atoms with E-state index in [0.717, 1.165) is 20.7 Å². The fourth-order valence-electron chi connectivity index (χ4n) is 1.23. The third-order valence-corrected chi connectivity index (χ3v) is 4.82. The largest absolute Gasteiger partial charge is 0.232 e. The fourth-order valence-corrected chi connectivity index (χ4v) is 2.52. The lowest BCUT2D eigenvalue weighted by molar-refractivity contribution is 1.09. The van der Waals surface area contributed by atoms with Gasteiger partial charge in [0.1, 0.15) is 5.15 Å². The SMILES string of the molecule is Cc1cscc1-c1nc(C)c(I)c(Cl)n1. The lowest BCUT2D eigenvalue weighted by Gasteiger charge is -2.04. The van der Waals surface area contributed by atoms with Crippen molar-refractivity contribution in [3.05, 3.63) is 30.7 Å². The second-order valence-electron chi connectivity index (χ2n) is 3.21. The minimum absolute atomic E-state index is 0.531. The summed E-state index contributed by atoms with van der Waals surface area (Å²) in [5.74, 6) is 0.719. The Hall–Kier alpha value is -0.200. The molecule has 78 valence electrons. The van der Waals surface area contributed by atoms with Crippen molar-refractivity contribution in [3.8, 4) is 11.4 Å². The van der Waals surface area contributed by atoms with Gasteiger partial charge in [-0.25, -0.2) is 9.97 Å². The molecule has 0 radical (unpaired) electrons. The van der Waals surface area contributed by atoms with Crippen molar-refractivity contribution in [2.75, 3.05) is 0 Å². The molecular weight excluding hydrogens is 343 g/mol. The van der Waals surface area contributed by atoms with Gasteiger partial charge in [-0.3, -0.25) is 0 Å². The lowest BCUT2D eigenvalue weighted by Crippen LogP contribution is -1.96. The minimum Gasteiger partial charge on any atom is -0.232 e. The van der Waals surface area contributed by atoms with Crippen LogP contribution in [0, 0.1) is 17.4 Å². The van der Waals surface area contributed by atoms with Crippen molar-refractivity contribution in [1.82, 2.24) is 9.97 Å². The standard InChI is InChI=1S/C10H8ClIN2S/c1-5-3-15-4-7(5)10-13-6(2)8(12)9(11)14-10/h3-4H,1-2H3. The van der Waals surface area contributed by atoms with Crippen LogP contribution in [-0.4, -0.2) is 9.97 Å². The first-order valence-corrected chi connectivity index (χ1v) is 6.72. The Balaban J connectivity index is 2.60. The van der Waals surface area contributed by atoms with E-state index < -0.39 is 0 Å². The van der Waals surface area contributed by atoms with E-state index in [9.17, 15) is 0 Å². The molecule has 0 atom stereocenters. The molecule has 0 bridgehead atoms. The Morgan fingerprint density at radius 1 is 1.27 bits per heavy atom. The third-order valence-electron chi connectivity index (χ3n) is 2.07. The van der Waals surface area contributed by atoms with Gasteiger partial charge in [-0.2, -0.15) is 11.3 Å². The van der Waals surface area contributed by atoms with Crippen LogP contribution in [0.4, 0.5) is 0 Å². The molecule has 2 aromatic rings. The number of hydrogen-bond donors (Lipinski definition) is 0. The molecule has 0 amide bonds. The number of hydrogen-bond acceptors (Lipinski definition) is 3. The molecule has 2 rings (SSSR count). The molecule has 0 saturated heterocycles. The summed E-state index contributed by atoms with van der Waals surface area (Å²) in [6.07, 6.45) is 0. The second-order valence-corrected chi connectivity index (χ2v) is 5.39. The van der Waals surface area contributed by atoms with Gasteiger partial charge in [0, 0.05) is 10.9 Å². The topological polar surface area (TPSA) is 25.8 Å². The quantitative estimate of drug-likeness (QED) is 0.572. The zero-order chi connectivity index (χ0) is 11.0. The smallest absolute Gasteiger partial charge is 0.162 e. The monoisotopic (exact) mass is 350 g/mol. The summed E-state index contributed by atoms with van der Waals surface area (Å²) in [6.45, 7) is 4.00. The summed E-state index contributed by atoms with van der Waals surface area (Å²) in [6, 6.07) is 0. The molecule has 0 aliphatic rings. The number of thiophene rings is 1. The highest BCUT2D eigenvalue weighted by molar-refractivity contribution is 14.1. The molecule has 2 heterocycles. The molecule has 0 aliphatic heterocycles. The van der Waals surface area contributed by atoms with Crippen LogP contribution in [0.2, 0.25) is 5.15 Å². The summed E-state index contributed by atoms with van der Waals surface area (Å²) in [7, 11) is 0. The second kappa shape index (κ2) is 4.35. The third kappa shape index (κ3) is 2.16. The zero-order valence-corrected chi connectivity index (χ0v) is 11.9. The summed E-state index contributed by atoms with van der Waals surface area (Å²) in [4.78, 5) is 8.73. The predicted molar refractivity (Wildman–Crippen MR) is 72.5 cm³/mol. The van der Waals surface area contributed by atoms with E-state index in [1.54, 1.807) is 11.3 Å². The average molecular weight is 351 g/mol. The van der Waals surface area contributed by atoms with Gasteiger partial charge in [-0.05, 0) is 47.4 Å². The molecule has 0 spiro atoms. The Bertz CT molecular complexity index is 487. The van der Waals surface area contributed by atoms with E-state index in [2.05, 4.69) is 44.9 Å². The summed E-state index contributed by atoms with van der Waals surface area (Å²) >= 11 is 9.84. The summed E-state index contributed by atoms with van der Waals surface area (Å²) in [5.41, 5.74) is 3.19. The molecule has 0 aliphatic carbocycles. The van der Waals surface area contributed by atoms with Crippen LogP contribution in [0.25, 0.3) is 11.4 Å². The number of nitrogens with zero attached hydrogens (tertiary/aromatic N) is 2. The van der Waals surface area contributed by atoms with Crippen molar-refractivity contribution in [3.63, 3.8) is 0 Å². The van der Waals surface area contributed by atoms with Crippen molar-refractivity contribution >= 4 is 45.5 Å². The van der Waals surface area contributed by atoms with Gasteiger partial charge in [-0.15, -0.1) is 0 Å². The maximum absolute atomic E-state index is 6.03. The number of aromatic nitrogens is 2. The zero-order valence-electron chi connectivity index (χ0n) is 8.21. The highest BCUT2D eigenvalue weighted by atomic mass is 127. The number of rotatable bonds is 1. The van der Waals surface area contributed by atoms with Gasteiger partial charge < -0.3 is 0 Å². The van der Waals surface area contributed by atoms with E-state index in [1.165, 1.54) is 5.56 Å². The van der Waals surface area contributed by atoms with Crippen LogP contribution in [0.15, 0.2) is 10.8 Å². The predicted octanol–water partition coefficient (Wildman–Crippen LogP) is 4.08. The van der Waals surface area contributed by atoms with Crippen LogP contribution in [0.3, 0.4) is 0 Å². The Morgan fingerprint density at radius 3 is 2.53 bits per heavy atom. The van der Waals surface area contributed by atoms with E-state index in [0.29, 0.717) is 5.15 Å². The number of aryl methyl sites for hydroxylation is 2. The molecule has 5 heteroatoms. The normalized spacial score (nSPS) is 10.7. The maximum atomic E-state index is 6.03. The van der Waals surface area contributed by atoms with Crippen LogP contribution in [0.1, 0.15) is 11.3 Å². The molecule has 2 aromatic heterocycles. The van der Waals surface area contributed by atoms with Crippen molar-refractivity contribution in [2.24, 2.45) is 0 Å². The fraction of sp³-hybridized carbons (Fsp3) is 0.200. The molecular formula is C10H8ClIN2S. The Labute approximate surface area is 111 Å². The molecule has 0 saturated carbocycles. The Morgan fingerprint density at radius 2 is 2.00 bits per heavy atom. The van der Waals surface area contributed by atoms with Crippen LogP contribution in [0.5, 0.6) is 0 Å². The van der Waals surface area contributed by atoms with Gasteiger partial charge >= 0.3 is 0 Å². The molecule has 2 nitrogen and oxygen atoms in total. The van der Waals surface area contributed by atoms with Gasteiger partial charge in [-0.1, -0.05) is 11.6 Å². The van der Waals surface area contributed by atoms with Crippen molar-refractivity contribution in [2.45, 2.75) is 13.8 Å².